The number of ether oxygens (including phenoxy) is 1. The third-order valence-corrected chi connectivity index (χ3v) is 5.73. The minimum Gasteiger partial charge on any atom is -0.493 e. The van der Waals surface area contributed by atoms with E-state index in [-0.39, 0.29) is 5.91 Å². The van der Waals surface area contributed by atoms with E-state index in [4.69, 9.17) is 9.72 Å². The van der Waals surface area contributed by atoms with Gasteiger partial charge in [-0.25, -0.2) is 4.98 Å². The van der Waals surface area contributed by atoms with Crippen molar-refractivity contribution >= 4 is 16.9 Å². The Labute approximate surface area is 201 Å². The summed E-state index contributed by atoms with van der Waals surface area (Å²) in [5.41, 5.74) is 4.25. The highest BCUT2D eigenvalue weighted by atomic mass is 16.5. The maximum atomic E-state index is 12.3. The van der Waals surface area contributed by atoms with Crippen molar-refractivity contribution in [3.8, 4) is 5.75 Å². The van der Waals surface area contributed by atoms with Gasteiger partial charge in [0, 0.05) is 19.5 Å². The van der Waals surface area contributed by atoms with Crippen LogP contribution in [0.5, 0.6) is 5.75 Å². The lowest BCUT2D eigenvalue weighted by molar-refractivity contribution is -0.120. The third kappa shape index (κ3) is 6.13. The summed E-state index contributed by atoms with van der Waals surface area (Å²) in [6, 6.07) is 26.1. The number of carbonyl (C=O) groups is 1. The summed E-state index contributed by atoms with van der Waals surface area (Å²) < 4.78 is 8.32. The Morgan fingerprint density at radius 3 is 2.62 bits per heavy atom. The number of nitrogens with one attached hydrogen (secondary N) is 1. The molecule has 1 N–H and O–H groups in total. The summed E-state index contributed by atoms with van der Waals surface area (Å²) in [6.07, 6.45) is 4.61. The molecule has 0 aliphatic rings. The second kappa shape index (κ2) is 11.8. The average molecular weight is 454 g/mol. The number of carbonyl (C=O) groups excluding carboxylic acids is 1. The van der Waals surface area contributed by atoms with Gasteiger partial charge in [0.25, 0.3) is 0 Å². The second-order valence-electron chi connectivity index (χ2n) is 8.23. The molecule has 174 valence electrons. The number of imidazole rings is 1. The Kier molecular flexibility index (Phi) is 8.12. The van der Waals surface area contributed by atoms with Gasteiger partial charge in [-0.2, -0.15) is 0 Å². The molecular weight excluding hydrogens is 422 g/mol. The van der Waals surface area contributed by atoms with Crippen LogP contribution >= 0.6 is 0 Å². The molecule has 4 aromatic rings. The molecule has 0 aliphatic heterocycles. The number of fused-ring (bicyclic) bond motifs is 1. The highest BCUT2D eigenvalue weighted by Crippen LogP contribution is 2.20. The monoisotopic (exact) mass is 453 g/mol. The van der Waals surface area contributed by atoms with Crippen LogP contribution in [0, 0.1) is 0 Å². The van der Waals surface area contributed by atoms with Crippen LogP contribution in [0.1, 0.15) is 23.4 Å². The first-order chi connectivity index (χ1) is 16.7. The smallest absolute Gasteiger partial charge is 0.224 e. The number of para-hydroxylation sites is 3. The van der Waals surface area contributed by atoms with Gasteiger partial charge in [-0.1, -0.05) is 66.7 Å². The van der Waals surface area contributed by atoms with Gasteiger partial charge >= 0.3 is 0 Å². The highest BCUT2D eigenvalue weighted by molar-refractivity contribution is 5.78. The first kappa shape index (κ1) is 23.3. The van der Waals surface area contributed by atoms with Crippen LogP contribution in [0.2, 0.25) is 0 Å². The van der Waals surface area contributed by atoms with Crippen LogP contribution in [-0.2, 0) is 30.6 Å². The molecule has 1 heterocycles. The van der Waals surface area contributed by atoms with Crippen molar-refractivity contribution < 1.29 is 9.53 Å². The molecule has 0 radical (unpaired) electrons. The molecule has 0 saturated heterocycles. The first-order valence-electron chi connectivity index (χ1n) is 11.8. The Bertz CT molecular complexity index is 1230. The van der Waals surface area contributed by atoms with Gasteiger partial charge in [0.05, 0.1) is 24.1 Å². The summed E-state index contributed by atoms with van der Waals surface area (Å²) in [7, 11) is 0. The number of benzene rings is 3. The summed E-state index contributed by atoms with van der Waals surface area (Å²) in [5, 5.41) is 3.03. The second-order valence-corrected chi connectivity index (χ2v) is 8.23. The van der Waals surface area contributed by atoms with E-state index in [1.165, 1.54) is 0 Å². The quantitative estimate of drug-likeness (QED) is 0.239. The van der Waals surface area contributed by atoms with Gasteiger partial charge in [0.2, 0.25) is 5.91 Å². The minimum absolute atomic E-state index is 0.0282. The number of allylic oxidation sites excluding steroid dienone is 1. The van der Waals surface area contributed by atoms with Gasteiger partial charge in [-0.05, 0) is 42.2 Å². The third-order valence-electron chi connectivity index (χ3n) is 5.73. The number of hydrogen-bond donors (Lipinski definition) is 1. The van der Waals surface area contributed by atoms with Crippen molar-refractivity contribution in [2.24, 2.45) is 0 Å². The standard InChI is InChI=1S/C29H31N3O2/c1-2-11-24-14-6-9-17-27(24)34-21-10-20-32-26-16-8-7-15-25(26)31-28(32)18-19-30-29(33)22-23-12-4-3-5-13-23/h2-9,12-17H,1,10-11,18-22H2,(H,30,33). The van der Waals surface area contributed by atoms with Crippen molar-refractivity contribution in [3.63, 3.8) is 0 Å². The van der Waals surface area contributed by atoms with Crippen molar-refractivity contribution in [1.82, 2.24) is 14.9 Å². The van der Waals surface area contributed by atoms with Gasteiger partial charge in [0.15, 0.2) is 0 Å². The zero-order valence-electron chi connectivity index (χ0n) is 19.5. The number of aromatic nitrogens is 2. The molecule has 1 amide bonds. The van der Waals surface area contributed by atoms with Gasteiger partial charge in [-0.15, -0.1) is 6.58 Å². The van der Waals surface area contributed by atoms with E-state index >= 15 is 0 Å². The molecule has 3 aromatic carbocycles. The lowest BCUT2D eigenvalue weighted by atomic mass is 10.1. The molecule has 5 nitrogen and oxygen atoms in total. The zero-order chi connectivity index (χ0) is 23.6. The van der Waals surface area contributed by atoms with Crippen LogP contribution in [0.25, 0.3) is 11.0 Å². The highest BCUT2D eigenvalue weighted by Gasteiger charge is 2.11. The zero-order valence-corrected chi connectivity index (χ0v) is 19.5. The van der Waals surface area contributed by atoms with E-state index in [1.807, 2.05) is 72.8 Å². The predicted molar refractivity (Wildman–Crippen MR) is 137 cm³/mol. The average Bonchev–Trinajstić information content (AvgIpc) is 3.21. The van der Waals surface area contributed by atoms with E-state index in [2.05, 4.69) is 28.6 Å². The SMILES string of the molecule is C=CCc1ccccc1OCCCn1c(CCNC(=O)Cc2ccccc2)nc2ccccc21. The van der Waals surface area contributed by atoms with Gasteiger partial charge < -0.3 is 14.6 Å². The summed E-state index contributed by atoms with van der Waals surface area (Å²) in [5.74, 6) is 1.92. The molecule has 0 spiro atoms. The van der Waals surface area contributed by atoms with Crippen molar-refractivity contribution in [2.45, 2.75) is 32.2 Å². The number of rotatable bonds is 12. The van der Waals surface area contributed by atoms with Crippen molar-refractivity contribution in [1.29, 1.82) is 0 Å². The van der Waals surface area contributed by atoms with E-state index < -0.39 is 0 Å². The molecular formula is C29H31N3O2. The molecule has 0 aliphatic carbocycles. The topological polar surface area (TPSA) is 56.1 Å². The van der Waals surface area contributed by atoms with Crippen LogP contribution < -0.4 is 10.1 Å². The number of nitrogens with zero attached hydrogens (tertiary/aromatic N) is 2. The molecule has 0 bridgehead atoms. The van der Waals surface area contributed by atoms with Gasteiger partial charge in [-0.3, -0.25) is 4.79 Å². The van der Waals surface area contributed by atoms with Crippen LogP contribution in [0.4, 0.5) is 0 Å². The van der Waals surface area contributed by atoms with E-state index in [0.29, 0.717) is 26.0 Å². The molecule has 5 heteroatoms. The van der Waals surface area contributed by atoms with Crippen LogP contribution in [-0.4, -0.2) is 28.6 Å². The predicted octanol–water partition coefficient (Wildman–Crippen LogP) is 5.14. The Balaban J connectivity index is 1.34. The fourth-order valence-electron chi connectivity index (χ4n) is 4.10. The molecule has 0 unspecified atom stereocenters. The largest absolute Gasteiger partial charge is 0.493 e. The number of aryl methyl sites for hydroxylation is 1. The Morgan fingerprint density at radius 1 is 1.00 bits per heavy atom. The van der Waals surface area contributed by atoms with Crippen LogP contribution in [0.3, 0.4) is 0 Å². The molecule has 1 aromatic heterocycles. The minimum atomic E-state index is 0.0282. The molecule has 34 heavy (non-hydrogen) atoms. The van der Waals surface area contributed by atoms with E-state index in [0.717, 1.165) is 53.1 Å². The summed E-state index contributed by atoms with van der Waals surface area (Å²) >= 11 is 0. The maximum absolute atomic E-state index is 12.3. The summed E-state index contributed by atoms with van der Waals surface area (Å²) in [6.45, 7) is 5.81. The molecule has 4 rings (SSSR count). The summed E-state index contributed by atoms with van der Waals surface area (Å²) in [4.78, 5) is 17.1. The van der Waals surface area contributed by atoms with Gasteiger partial charge in [0.1, 0.15) is 11.6 Å². The van der Waals surface area contributed by atoms with E-state index in [1.54, 1.807) is 0 Å². The molecule has 0 saturated carbocycles. The Morgan fingerprint density at radius 2 is 1.76 bits per heavy atom. The number of amides is 1. The van der Waals surface area contributed by atoms with Crippen LogP contribution in [0.15, 0.2) is 91.5 Å². The molecule has 0 atom stereocenters. The van der Waals surface area contributed by atoms with Crippen molar-refractivity contribution in [2.75, 3.05) is 13.2 Å². The first-order valence-corrected chi connectivity index (χ1v) is 11.8. The fraction of sp³-hybridized carbons (Fsp3) is 0.241. The van der Waals surface area contributed by atoms with E-state index in [9.17, 15) is 4.79 Å². The fourth-order valence-corrected chi connectivity index (χ4v) is 4.10. The Hall–Kier alpha value is -3.86. The lowest BCUT2D eigenvalue weighted by Crippen LogP contribution is -2.28. The molecule has 0 fully saturated rings. The maximum Gasteiger partial charge on any atom is 0.224 e. The van der Waals surface area contributed by atoms with Crippen molar-refractivity contribution in [3.05, 3.63) is 108 Å². The lowest BCUT2D eigenvalue weighted by Gasteiger charge is -2.12. The number of hydrogen-bond acceptors (Lipinski definition) is 3. The normalized spacial score (nSPS) is 10.8.